The van der Waals surface area contributed by atoms with Crippen LogP contribution in [-0.2, 0) is 0 Å². The number of nitrogens with two attached hydrogens (primary N) is 7. The van der Waals surface area contributed by atoms with Crippen LogP contribution in [0.4, 0.5) is 0 Å². The zero-order valence-corrected chi connectivity index (χ0v) is 14.3. The van der Waals surface area contributed by atoms with Crippen LogP contribution in [0.1, 0.15) is 20.3 Å². The first-order valence-electron chi connectivity index (χ1n) is 7.72. The van der Waals surface area contributed by atoms with E-state index >= 15 is 0 Å². The molecule has 0 radical (unpaired) electrons. The average molecular weight is 311 g/mol. The van der Waals surface area contributed by atoms with Gasteiger partial charge in [0.05, 0.1) is 0 Å². The number of hydrogen-bond acceptors (Lipinski definition) is 8. The minimum atomic E-state index is 0.597. The van der Waals surface area contributed by atoms with E-state index in [1.54, 1.807) is 0 Å². The van der Waals surface area contributed by atoms with E-state index in [9.17, 15) is 0 Å². The maximum absolute atomic E-state index is 5.36. The van der Waals surface area contributed by atoms with Crippen LogP contribution < -0.4 is 40.1 Å². The SMILES string of the molecule is CCN(CC)CCCN.NCCN.NCCN.NCCN. The molecule has 0 aliphatic heterocycles. The topological polar surface area (TPSA) is 185 Å². The summed E-state index contributed by atoms with van der Waals surface area (Å²) in [4.78, 5) is 2.38. The van der Waals surface area contributed by atoms with E-state index in [-0.39, 0.29) is 0 Å². The fraction of sp³-hybridized carbons (Fsp3) is 1.00. The molecule has 0 aromatic heterocycles. The lowest BCUT2D eigenvalue weighted by Crippen LogP contribution is -2.25. The van der Waals surface area contributed by atoms with Crippen molar-refractivity contribution in [1.29, 1.82) is 0 Å². The van der Waals surface area contributed by atoms with Gasteiger partial charge in [-0.3, -0.25) is 0 Å². The first-order chi connectivity index (χ1) is 10.1. The summed E-state index contributed by atoms with van der Waals surface area (Å²) < 4.78 is 0. The monoisotopic (exact) mass is 310 g/mol. The highest BCUT2D eigenvalue weighted by Gasteiger charge is 1.94. The van der Waals surface area contributed by atoms with Crippen molar-refractivity contribution in [3.63, 3.8) is 0 Å². The summed E-state index contributed by atoms with van der Waals surface area (Å²) in [6.45, 7) is 12.2. The summed E-state index contributed by atoms with van der Waals surface area (Å²) in [5.41, 5.74) is 34.8. The minimum Gasteiger partial charge on any atom is -0.330 e. The zero-order chi connectivity index (χ0) is 17.4. The third-order valence-corrected chi connectivity index (χ3v) is 2.07. The molecule has 14 N–H and O–H groups in total. The van der Waals surface area contributed by atoms with Gasteiger partial charge in [0.25, 0.3) is 0 Å². The van der Waals surface area contributed by atoms with Gasteiger partial charge in [0.15, 0.2) is 0 Å². The van der Waals surface area contributed by atoms with Crippen LogP contribution in [0.2, 0.25) is 0 Å². The zero-order valence-electron chi connectivity index (χ0n) is 14.3. The standard InChI is InChI=1S/C7H18N2.3C2H8N2/c1-3-9(4-2)7-5-6-8;3*3-1-2-4/h3-8H2,1-2H3;3*1-4H2. The van der Waals surface area contributed by atoms with E-state index in [2.05, 4.69) is 18.7 Å². The second-order valence-corrected chi connectivity index (χ2v) is 3.90. The number of hydrogen-bond donors (Lipinski definition) is 7. The summed E-state index contributed by atoms with van der Waals surface area (Å²) in [6, 6.07) is 0. The molecule has 0 fully saturated rings. The first-order valence-corrected chi connectivity index (χ1v) is 7.72. The molecule has 0 aromatic rings. The van der Waals surface area contributed by atoms with Gasteiger partial charge in [-0.1, -0.05) is 13.8 Å². The molecule has 21 heavy (non-hydrogen) atoms. The van der Waals surface area contributed by atoms with Crippen molar-refractivity contribution in [1.82, 2.24) is 4.90 Å². The second kappa shape index (κ2) is 36.7. The predicted molar refractivity (Wildman–Crippen MR) is 95.8 cm³/mol. The van der Waals surface area contributed by atoms with Gasteiger partial charge in [0, 0.05) is 39.3 Å². The molecular weight excluding hydrogens is 268 g/mol. The lowest BCUT2D eigenvalue weighted by atomic mass is 10.4. The van der Waals surface area contributed by atoms with Gasteiger partial charge < -0.3 is 45.0 Å². The van der Waals surface area contributed by atoms with Gasteiger partial charge in [-0.25, -0.2) is 0 Å². The lowest BCUT2D eigenvalue weighted by molar-refractivity contribution is 0.302. The molecule has 0 aliphatic carbocycles. The Morgan fingerprint density at radius 3 is 0.952 bits per heavy atom. The van der Waals surface area contributed by atoms with Crippen molar-refractivity contribution in [2.45, 2.75) is 20.3 Å². The van der Waals surface area contributed by atoms with Crippen molar-refractivity contribution in [2.75, 3.05) is 65.4 Å². The first kappa shape index (κ1) is 28.8. The summed E-state index contributed by atoms with van der Waals surface area (Å²) in [7, 11) is 0. The normalized spacial score (nSPS) is 8.86. The van der Waals surface area contributed by atoms with E-state index in [0.717, 1.165) is 32.6 Å². The van der Waals surface area contributed by atoms with Crippen LogP contribution in [0.3, 0.4) is 0 Å². The van der Waals surface area contributed by atoms with E-state index in [1.165, 1.54) is 0 Å². The summed E-state index contributed by atoms with van der Waals surface area (Å²) in [5.74, 6) is 0. The molecule has 0 aromatic carbocycles. The molecule has 0 bridgehead atoms. The highest BCUT2D eigenvalue weighted by Crippen LogP contribution is 1.87. The average Bonchev–Trinajstić information content (AvgIpc) is 2.56. The number of nitrogens with zero attached hydrogens (tertiary/aromatic N) is 1. The maximum atomic E-state index is 5.36. The van der Waals surface area contributed by atoms with E-state index < -0.39 is 0 Å². The van der Waals surface area contributed by atoms with Crippen molar-refractivity contribution < 1.29 is 0 Å². The van der Waals surface area contributed by atoms with Crippen molar-refractivity contribution >= 4 is 0 Å². The van der Waals surface area contributed by atoms with Gasteiger partial charge in [-0.15, -0.1) is 0 Å². The van der Waals surface area contributed by atoms with E-state index in [0.29, 0.717) is 39.3 Å². The molecule has 0 saturated carbocycles. The Morgan fingerprint density at radius 1 is 0.524 bits per heavy atom. The van der Waals surface area contributed by atoms with Gasteiger partial charge >= 0.3 is 0 Å². The Morgan fingerprint density at radius 2 is 0.810 bits per heavy atom. The number of rotatable bonds is 8. The Bertz CT molecular complexity index is 107. The van der Waals surface area contributed by atoms with Crippen LogP contribution >= 0.6 is 0 Å². The Hall–Kier alpha value is -0.320. The summed E-state index contributed by atoms with van der Waals surface area (Å²) >= 11 is 0. The molecule has 0 aliphatic rings. The Labute approximate surface area is 131 Å². The van der Waals surface area contributed by atoms with Crippen LogP contribution in [-0.4, -0.2) is 70.3 Å². The second-order valence-electron chi connectivity index (χ2n) is 3.90. The molecule has 8 nitrogen and oxygen atoms in total. The van der Waals surface area contributed by atoms with Crippen LogP contribution in [0, 0.1) is 0 Å². The summed E-state index contributed by atoms with van der Waals surface area (Å²) in [5, 5.41) is 0. The smallest absolute Gasteiger partial charge is 0.00461 e. The van der Waals surface area contributed by atoms with Crippen LogP contribution in [0.25, 0.3) is 0 Å². The van der Waals surface area contributed by atoms with E-state index in [1.807, 2.05) is 0 Å². The molecule has 0 atom stereocenters. The minimum absolute atomic E-state index is 0.597. The molecule has 0 saturated heterocycles. The molecule has 8 heteroatoms. The molecule has 0 rings (SSSR count). The molecule has 0 unspecified atom stereocenters. The molecule has 0 heterocycles. The maximum Gasteiger partial charge on any atom is 0.00461 e. The highest BCUT2D eigenvalue weighted by atomic mass is 15.1. The fourth-order valence-electron chi connectivity index (χ4n) is 0.855. The van der Waals surface area contributed by atoms with Gasteiger partial charge in [0.1, 0.15) is 0 Å². The van der Waals surface area contributed by atoms with Gasteiger partial charge in [0.2, 0.25) is 0 Å². The predicted octanol–water partition coefficient (Wildman–Crippen LogP) is -2.61. The Kier molecular flexibility index (Phi) is 50.3. The van der Waals surface area contributed by atoms with Crippen molar-refractivity contribution in [3.8, 4) is 0 Å². The fourth-order valence-corrected chi connectivity index (χ4v) is 0.855. The van der Waals surface area contributed by atoms with Gasteiger partial charge in [-0.2, -0.15) is 0 Å². The summed E-state index contributed by atoms with van der Waals surface area (Å²) in [6.07, 6.45) is 1.13. The van der Waals surface area contributed by atoms with Gasteiger partial charge in [-0.05, 0) is 32.6 Å². The molecule has 134 valence electrons. The van der Waals surface area contributed by atoms with Crippen molar-refractivity contribution in [3.05, 3.63) is 0 Å². The van der Waals surface area contributed by atoms with Crippen LogP contribution in [0.15, 0.2) is 0 Å². The molecular formula is C13H42N8. The largest absolute Gasteiger partial charge is 0.330 e. The third kappa shape index (κ3) is 53.9. The molecule has 0 spiro atoms. The van der Waals surface area contributed by atoms with E-state index in [4.69, 9.17) is 40.1 Å². The Balaban J connectivity index is -0.000000102. The van der Waals surface area contributed by atoms with Crippen molar-refractivity contribution in [2.24, 2.45) is 40.1 Å². The third-order valence-electron chi connectivity index (χ3n) is 2.07. The van der Waals surface area contributed by atoms with Crippen LogP contribution in [0.5, 0.6) is 0 Å². The molecule has 0 amide bonds. The quantitative estimate of drug-likeness (QED) is 0.254. The highest BCUT2D eigenvalue weighted by molar-refractivity contribution is 4.51. The lowest BCUT2D eigenvalue weighted by Gasteiger charge is -2.16.